The van der Waals surface area contributed by atoms with Gasteiger partial charge in [0.25, 0.3) is 0 Å². The van der Waals surface area contributed by atoms with E-state index < -0.39 is 0 Å². The van der Waals surface area contributed by atoms with Crippen molar-refractivity contribution >= 4 is 32.8 Å². The van der Waals surface area contributed by atoms with Gasteiger partial charge in [0.2, 0.25) is 11.2 Å². The summed E-state index contributed by atoms with van der Waals surface area (Å²) < 4.78 is 9.03. The van der Waals surface area contributed by atoms with Gasteiger partial charge in [0, 0.05) is 28.3 Å². The minimum Gasteiger partial charge on any atom is -0.455 e. The number of hydrogen-bond donors (Lipinski definition) is 0. The van der Waals surface area contributed by atoms with E-state index in [1.165, 1.54) is 62.5 Å². The lowest BCUT2D eigenvalue weighted by Gasteiger charge is -2.43. The van der Waals surface area contributed by atoms with Crippen molar-refractivity contribution in [2.45, 2.75) is 58.3 Å². The Morgan fingerprint density at radius 2 is 1.45 bits per heavy atom. The molecule has 2 nitrogen and oxygen atoms in total. The van der Waals surface area contributed by atoms with Gasteiger partial charge in [0.05, 0.1) is 5.56 Å². The Balaban J connectivity index is 1.86. The van der Waals surface area contributed by atoms with Crippen LogP contribution < -0.4 is 4.57 Å². The number of benzene rings is 3. The molecule has 0 amide bonds. The van der Waals surface area contributed by atoms with Crippen molar-refractivity contribution in [3.05, 3.63) is 77.4 Å². The SMILES string of the molecule is Cc1c2c(c3c(oc4ccccc43)c1-c1ccc3ccccc3[n+]1C)C(C)(C)CCC2(C)C. The summed E-state index contributed by atoms with van der Waals surface area (Å²) in [5.74, 6) is 0. The highest BCUT2D eigenvalue weighted by Crippen LogP contribution is 2.54. The second kappa shape index (κ2) is 6.70. The van der Waals surface area contributed by atoms with Crippen molar-refractivity contribution < 1.29 is 8.98 Å². The van der Waals surface area contributed by atoms with E-state index in [1.54, 1.807) is 0 Å². The van der Waals surface area contributed by atoms with Gasteiger partial charge in [-0.1, -0.05) is 58.0 Å². The number of hydrogen-bond acceptors (Lipinski definition) is 1. The van der Waals surface area contributed by atoms with Crippen LogP contribution in [0.2, 0.25) is 0 Å². The van der Waals surface area contributed by atoms with Crippen LogP contribution in [0, 0.1) is 6.92 Å². The van der Waals surface area contributed by atoms with Crippen molar-refractivity contribution in [1.82, 2.24) is 0 Å². The highest BCUT2D eigenvalue weighted by atomic mass is 16.3. The molecule has 1 aliphatic carbocycles. The molecule has 0 N–H and O–H groups in total. The number of aromatic nitrogens is 1. The topological polar surface area (TPSA) is 17.0 Å². The Kier molecular flexibility index (Phi) is 4.15. The molecule has 0 aliphatic heterocycles. The van der Waals surface area contributed by atoms with E-state index in [2.05, 4.69) is 107 Å². The average molecular weight is 435 g/mol. The molecule has 0 radical (unpaired) electrons. The Hall–Kier alpha value is -3.13. The highest BCUT2D eigenvalue weighted by Gasteiger charge is 2.42. The van der Waals surface area contributed by atoms with E-state index in [4.69, 9.17) is 4.42 Å². The second-order valence-corrected chi connectivity index (χ2v) is 11.2. The summed E-state index contributed by atoms with van der Waals surface area (Å²) in [6.07, 6.45) is 2.38. The van der Waals surface area contributed by atoms with Gasteiger partial charge in [-0.15, -0.1) is 0 Å². The van der Waals surface area contributed by atoms with Gasteiger partial charge < -0.3 is 4.42 Å². The zero-order valence-corrected chi connectivity index (χ0v) is 20.5. The Morgan fingerprint density at radius 3 is 2.24 bits per heavy atom. The van der Waals surface area contributed by atoms with Crippen molar-refractivity contribution in [2.24, 2.45) is 7.05 Å². The summed E-state index contributed by atoms with van der Waals surface area (Å²) in [6, 6.07) is 21.7. The van der Waals surface area contributed by atoms with E-state index in [0.717, 1.165) is 11.2 Å². The first-order chi connectivity index (χ1) is 15.7. The second-order valence-electron chi connectivity index (χ2n) is 11.2. The number of rotatable bonds is 1. The van der Waals surface area contributed by atoms with E-state index in [0.29, 0.717) is 0 Å². The van der Waals surface area contributed by atoms with E-state index in [-0.39, 0.29) is 10.8 Å². The van der Waals surface area contributed by atoms with Gasteiger partial charge >= 0.3 is 0 Å². The molecule has 6 rings (SSSR count). The molecule has 33 heavy (non-hydrogen) atoms. The fourth-order valence-electron chi connectivity index (χ4n) is 6.38. The molecule has 0 bridgehead atoms. The Morgan fingerprint density at radius 1 is 0.788 bits per heavy atom. The molecule has 2 heteroatoms. The fraction of sp³-hybridized carbons (Fsp3) is 0.323. The van der Waals surface area contributed by atoms with Crippen LogP contribution in [0.15, 0.2) is 65.1 Å². The highest BCUT2D eigenvalue weighted by molar-refractivity contribution is 6.13. The van der Waals surface area contributed by atoms with Gasteiger partial charge in [-0.05, 0) is 65.5 Å². The summed E-state index contributed by atoms with van der Waals surface area (Å²) in [5.41, 5.74) is 10.3. The first-order valence-corrected chi connectivity index (χ1v) is 12.1. The summed E-state index contributed by atoms with van der Waals surface area (Å²) >= 11 is 0. The van der Waals surface area contributed by atoms with Crippen LogP contribution >= 0.6 is 0 Å². The molecule has 0 saturated heterocycles. The predicted octanol–water partition coefficient (Wildman–Crippen LogP) is 7.89. The third-order valence-electron chi connectivity index (χ3n) is 8.14. The molecule has 0 saturated carbocycles. The molecule has 0 unspecified atom stereocenters. The smallest absolute Gasteiger partial charge is 0.216 e. The fourth-order valence-corrected chi connectivity index (χ4v) is 6.38. The largest absolute Gasteiger partial charge is 0.455 e. The van der Waals surface area contributed by atoms with E-state index in [1.807, 2.05) is 0 Å². The lowest BCUT2D eigenvalue weighted by Crippen LogP contribution is -2.36. The number of furan rings is 1. The molecule has 166 valence electrons. The van der Waals surface area contributed by atoms with Crippen LogP contribution in [0.5, 0.6) is 0 Å². The summed E-state index contributed by atoms with van der Waals surface area (Å²) in [5, 5.41) is 3.80. The van der Waals surface area contributed by atoms with E-state index in [9.17, 15) is 0 Å². The number of para-hydroxylation sites is 2. The molecule has 0 atom stereocenters. The zero-order chi connectivity index (χ0) is 23.1. The van der Waals surface area contributed by atoms with Gasteiger partial charge in [-0.25, -0.2) is 0 Å². The minimum absolute atomic E-state index is 0.102. The molecule has 1 aliphatic rings. The molecular formula is C31H32NO+. The third-order valence-corrected chi connectivity index (χ3v) is 8.14. The zero-order valence-electron chi connectivity index (χ0n) is 20.5. The lowest BCUT2D eigenvalue weighted by atomic mass is 9.60. The Bertz CT molecular complexity index is 1580. The van der Waals surface area contributed by atoms with Crippen LogP contribution in [0.25, 0.3) is 44.1 Å². The van der Waals surface area contributed by atoms with Gasteiger partial charge in [-0.2, -0.15) is 4.57 Å². The molecule has 2 heterocycles. The van der Waals surface area contributed by atoms with Gasteiger partial charge in [0.1, 0.15) is 18.2 Å². The molecule has 2 aromatic heterocycles. The number of nitrogens with zero attached hydrogens (tertiary/aromatic N) is 1. The summed E-state index contributed by atoms with van der Waals surface area (Å²) in [7, 11) is 2.18. The van der Waals surface area contributed by atoms with Crippen LogP contribution in [0.1, 0.15) is 57.2 Å². The normalized spacial score (nSPS) is 17.0. The number of aryl methyl sites for hydroxylation is 1. The molecule has 0 fully saturated rings. The maximum absolute atomic E-state index is 6.70. The lowest BCUT2D eigenvalue weighted by molar-refractivity contribution is -0.633. The maximum Gasteiger partial charge on any atom is 0.216 e. The monoisotopic (exact) mass is 434 g/mol. The van der Waals surface area contributed by atoms with Gasteiger partial charge in [0.15, 0.2) is 0 Å². The van der Waals surface area contributed by atoms with Crippen molar-refractivity contribution in [1.29, 1.82) is 0 Å². The van der Waals surface area contributed by atoms with Gasteiger partial charge in [-0.3, -0.25) is 0 Å². The maximum atomic E-state index is 6.70. The quantitative estimate of drug-likeness (QED) is 0.245. The van der Waals surface area contributed by atoms with E-state index >= 15 is 0 Å². The first kappa shape index (κ1) is 20.5. The molecule has 5 aromatic rings. The minimum atomic E-state index is 0.102. The molecule has 0 spiro atoms. The predicted molar refractivity (Wildman–Crippen MR) is 138 cm³/mol. The molecular weight excluding hydrogens is 402 g/mol. The van der Waals surface area contributed by atoms with Crippen LogP contribution in [0.4, 0.5) is 0 Å². The number of fused-ring (bicyclic) bond motifs is 6. The average Bonchev–Trinajstić information content (AvgIpc) is 3.16. The third kappa shape index (κ3) is 2.76. The summed E-state index contributed by atoms with van der Waals surface area (Å²) in [6.45, 7) is 12.0. The van der Waals surface area contributed by atoms with Crippen LogP contribution in [-0.2, 0) is 17.9 Å². The van der Waals surface area contributed by atoms with Crippen molar-refractivity contribution in [3.63, 3.8) is 0 Å². The number of pyridine rings is 1. The summed E-state index contributed by atoms with van der Waals surface area (Å²) in [4.78, 5) is 0. The van der Waals surface area contributed by atoms with Crippen LogP contribution in [0.3, 0.4) is 0 Å². The van der Waals surface area contributed by atoms with Crippen LogP contribution in [-0.4, -0.2) is 0 Å². The molecule has 3 aromatic carbocycles. The van der Waals surface area contributed by atoms with Crippen molar-refractivity contribution in [2.75, 3.05) is 0 Å². The first-order valence-electron chi connectivity index (χ1n) is 12.1. The Labute approximate surface area is 195 Å². The van der Waals surface area contributed by atoms with Crippen molar-refractivity contribution in [3.8, 4) is 11.3 Å². The standard InChI is InChI=1S/C31H32NO/c1-19-25(23-16-15-20-11-7-9-13-22(20)32(23)6)29-26(21-12-8-10-14-24(21)33-29)28-27(19)30(2,3)17-18-31(28,4)5/h7-16H,17-18H2,1-6H3/q+1.